The van der Waals surface area contributed by atoms with Gasteiger partial charge >= 0.3 is 0 Å². The van der Waals surface area contributed by atoms with Crippen molar-refractivity contribution in [2.75, 3.05) is 7.11 Å². The molecule has 4 nitrogen and oxygen atoms in total. The second kappa shape index (κ2) is 3.49. The maximum Gasteiger partial charge on any atom is 0.157 e. The molecule has 1 saturated heterocycles. The van der Waals surface area contributed by atoms with Crippen LogP contribution in [0.1, 0.15) is 13.3 Å². The van der Waals surface area contributed by atoms with Crippen molar-refractivity contribution in [1.29, 1.82) is 0 Å². The average Bonchev–Trinajstić information content (AvgIpc) is 1.96. The van der Waals surface area contributed by atoms with Gasteiger partial charge in [-0.1, -0.05) is 0 Å². The van der Waals surface area contributed by atoms with E-state index in [2.05, 4.69) is 0 Å². The van der Waals surface area contributed by atoms with Gasteiger partial charge in [0.2, 0.25) is 0 Å². The molecule has 66 valence electrons. The second-order valence-corrected chi connectivity index (χ2v) is 2.80. The van der Waals surface area contributed by atoms with E-state index in [0.29, 0.717) is 6.42 Å². The number of ether oxygens (including phenoxy) is 2. The predicted molar refractivity (Wildman–Crippen MR) is 38.0 cm³/mol. The molecule has 1 aliphatic heterocycles. The van der Waals surface area contributed by atoms with Crippen molar-refractivity contribution in [2.24, 2.45) is 0 Å². The molecule has 0 bridgehead atoms. The topological polar surface area (TPSA) is 58.9 Å². The number of hydrogen-bond acceptors (Lipinski definition) is 4. The molecule has 0 aromatic carbocycles. The van der Waals surface area contributed by atoms with Crippen LogP contribution >= 0.6 is 0 Å². The van der Waals surface area contributed by atoms with Crippen molar-refractivity contribution >= 4 is 0 Å². The zero-order valence-electron chi connectivity index (χ0n) is 6.73. The van der Waals surface area contributed by atoms with Crippen molar-refractivity contribution in [3.8, 4) is 0 Å². The van der Waals surface area contributed by atoms with Gasteiger partial charge in [-0.3, -0.25) is 0 Å². The molecule has 0 radical (unpaired) electrons. The molecule has 0 aliphatic carbocycles. The van der Waals surface area contributed by atoms with Gasteiger partial charge in [-0.25, -0.2) is 0 Å². The minimum atomic E-state index is -0.807. The van der Waals surface area contributed by atoms with E-state index in [-0.39, 0.29) is 12.2 Å². The normalized spacial score (nSPS) is 45.8. The van der Waals surface area contributed by atoms with Crippen LogP contribution in [0, 0.1) is 0 Å². The summed E-state index contributed by atoms with van der Waals surface area (Å²) in [5.74, 6) is 0. The van der Waals surface area contributed by atoms with E-state index in [0.717, 1.165) is 0 Å². The highest BCUT2D eigenvalue weighted by Gasteiger charge is 2.34. The van der Waals surface area contributed by atoms with Gasteiger partial charge in [0.15, 0.2) is 6.29 Å². The second-order valence-electron chi connectivity index (χ2n) is 2.80. The lowest BCUT2D eigenvalue weighted by Gasteiger charge is -2.34. The first kappa shape index (κ1) is 8.93. The lowest BCUT2D eigenvalue weighted by atomic mass is 10.0. The highest BCUT2D eigenvalue weighted by molar-refractivity contribution is 4.80. The number of rotatable bonds is 1. The Morgan fingerprint density at radius 3 is 2.64 bits per heavy atom. The summed E-state index contributed by atoms with van der Waals surface area (Å²) in [4.78, 5) is 0. The first-order valence-electron chi connectivity index (χ1n) is 3.69. The molecule has 11 heavy (non-hydrogen) atoms. The number of aliphatic hydroxyl groups excluding tert-OH is 2. The molecule has 4 atom stereocenters. The highest BCUT2D eigenvalue weighted by atomic mass is 16.6. The lowest BCUT2D eigenvalue weighted by Crippen LogP contribution is -2.47. The summed E-state index contributed by atoms with van der Waals surface area (Å²) < 4.78 is 9.91. The summed E-state index contributed by atoms with van der Waals surface area (Å²) in [5, 5.41) is 18.5. The fourth-order valence-electron chi connectivity index (χ4n) is 1.26. The monoisotopic (exact) mass is 162 g/mol. The number of aliphatic hydroxyl groups is 2. The summed E-state index contributed by atoms with van der Waals surface area (Å²) in [5.41, 5.74) is 0. The van der Waals surface area contributed by atoms with Crippen molar-refractivity contribution in [1.82, 2.24) is 0 Å². The first-order valence-corrected chi connectivity index (χ1v) is 3.69. The van der Waals surface area contributed by atoms with E-state index in [9.17, 15) is 5.11 Å². The molecule has 0 saturated carbocycles. The third-order valence-corrected chi connectivity index (χ3v) is 1.97. The van der Waals surface area contributed by atoms with Crippen molar-refractivity contribution in [3.05, 3.63) is 0 Å². The summed E-state index contributed by atoms with van der Waals surface area (Å²) >= 11 is 0. The SMILES string of the molecule is CO[C@@H]1CC(O)O[C@@H](C)[C@H]1O. The Morgan fingerprint density at radius 2 is 2.09 bits per heavy atom. The Bertz CT molecular complexity index is 128. The van der Waals surface area contributed by atoms with E-state index >= 15 is 0 Å². The molecule has 0 amide bonds. The molecular weight excluding hydrogens is 148 g/mol. The fraction of sp³-hybridized carbons (Fsp3) is 1.00. The Balaban J connectivity index is 2.51. The zero-order chi connectivity index (χ0) is 8.43. The van der Waals surface area contributed by atoms with E-state index in [1.54, 1.807) is 6.92 Å². The zero-order valence-corrected chi connectivity index (χ0v) is 6.73. The van der Waals surface area contributed by atoms with Crippen LogP contribution in [0.25, 0.3) is 0 Å². The van der Waals surface area contributed by atoms with Gasteiger partial charge in [0.1, 0.15) is 6.10 Å². The number of methoxy groups -OCH3 is 1. The third kappa shape index (κ3) is 1.90. The first-order chi connectivity index (χ1) is 5.15. The molecule has 1 aliphatic rings. The Kier molecular flexibility index (Phi) is 2.84. The molecular formula is C7H14O4. The van der Waals surface area contributed by atoms with Crippen LogP contribution in [-0.2, 0) is 9.47 Å². The standard InChI is InChI=1S/C7H14O4/c1-4-7(9)5(10-2)3-6(8)11-4/h4-9H,3H2,1-2H3/t4-,5+,6?,7+/m0/s1. The molecule has 1 fully saturated rings. The maximum atomic E-state index is 9.39. The van der Waals surface area contributed by atoms with Crippen LogP contribution in [0.5, 0.6) is 0 Å². The van der Waals surface area contributed by atoms with Crippen LogP contribution in [-0.4, -0.2) is 41.9 Å². The minimum absolute atomic E-state index is 0.311. The number of hydrogen-bond donors (Lipinski definition) is 2. The fourth-order valence-corrected chi connectivity index (χ4v) is 1.26. The van der Waals surface area contributed by atoms with E-state index in [4.69, 9.17) is 14.6 Å². The van der Waals surface area contributed by atoms with Gasteiger partial charge in [0.25, 0.3) is 0 Å². The van der Waals surface area contributed by atoms with Crippen LogP contribution in [0.3, 0.4) is 0 Å². The molecule has 0 aromatic heterocycles. The largest absolute Gasteiger partial charge is 0.388 e. The van der Waals surface area contributed by atoms with Crippen molar-refractivity contribution in [3.63, 3.8) is 0 Å². The van der Waals surface area contributed by atoms with Gasteiger partial charge in [-0.05, 0) is 6.92 Å². The summed E-state index contributed by atoms with van der Waals surface area (Å²) in [6.45, 7) is 1.71. The van der Waals surface area contributed by atoms with Gasteiger partial charge < -0.3 is 19.7 Å². The predicted octanol–water partition coefficient (Wildman–Crippen LogP) is -0.510. The quantitative estimate of drug-likeness (QED) is 0.545. The molecule has 1 rings (SSSR count). The van der Waals surface area contributed by atoms with Crippen LogP contribution in [0.15, 0.2) is 0 Å². The van der Waals surface area contributed by atoms with Gasteiger partial charge in [0, 0.05) is 13.5 Å². The van der Waals surface area contributed by atoms with Crippen LogP contribution < -0.4 is 0 Å². The van der Waals surface area contributed by atoms with Crippen molar-refractivity contribution in [2.45, 2.75) is 37.9 Å². The highest BCUT2D eigenvalue weighted by Crippen LogP contribution is 2.20. The molecule has 4 heteroatoms. The summed E-state index contributed by atoms with van der Waals surface area (Å²) in [6, 6.07) is 0. The Hall–Kier alpha value is -0.160. The van der Waals surface area contributed by atoms with Crippen molar-refractivity contribution < 1.29 is 19.7 Å². The van der Waals surface area contributed by atoms with Crippen LogP contribution in [0.2, 0.25) is 0 Å². The van der Waals surface area contributed by atoms with E-state index in [1.807, 2.05) is 0 Å². The third-order valence-electron chi connectivity index (χ3n) is 1.97. The van der Waals surface area contributed by atoms with E-state index < -0.39 is 12.4 Å². The molecule has 0 aromatic rings. The molecule has 1 unspecified atom stereocenters. The van der Waals surface area contributed by atoms with Gasteiger partial charge in [-0.15, -0.1) is 0 Å². The van der Waals surface area contributed by atoms with E-state index in [1.165, 1.54) is 7.11 Å². The molecule has 2 N–H and O–H groups in total. The average molecular weight is 162 g/mol. The Labute approximate surface area is 65.7 Å². The van der Waals surface area contributed by atoms with Gasteiger partial charge in [0.05, 0.1) is 12.2 Å². The minimum Gasteiger partial charge on any atom is -0.388 e. The maximum absolute atomic E-state index is 9.39. The molecule has 1 heterocycles. The van der Waals surface area contributed by atoms with Crippen LogP contribution in [0.4, 0.5) is 0 Å². The Morgan fingerprint density at radius 1 is 1.45 bits per heavy atom. The van der Waals surface area contributed by atoms with Gasteiger partial charge in [-0.2, -0.15) is 0 Å². The summed E-state index contributed by atoms with van der Waals surface area (Å²) in [7, 11) is 1.51. The lowest BCUT2D eigenvalue weighted by molar-refractivity contribution is -0.231. The summed E-state index contributed by atoms with van der Waals surface area (Å²) in [6.07, 6.45) is -1.78. The molecule has 0 spiro atoms. The smallest absolute Gasteiger partial charge is 0.157 e.